The number of anilines is 1. The van der Waals surface area contributed by atoms with Crippen LogP contribution in [-0.2, 0) is 4.79 Å². The van der Waals surface area contributed by atoms with Crippen molar-refractivity contribution in [1.82, 2.24) is 14.8 Å². The van der Waals surface area contributed by atoms with Crippen molar-refractivity contribution in [2.45, 2.75) is 25.3 Å². The minimum Gasteiger partial charge on any atom is -0.497 e. The molecule has 0 spiro atoms. The van der Waals surface area contributed by atoms with Crippen LogP contribution < -0.4 is 14.8 Å². The van der Waals surface area contributed by atoms with Crippen LogP contribution in [-0.4, -0.2) is 34.8 Å². The van der Waals surface area contributed by atoms with Gasteiger partial charge in [-0.1, -0.05) is 36.4 Å². The van der Waals surface area contributed by atoms with E-state index in [1.165, 1.54) is 6.33 Å². The third kappa shape index (κ3) is 3.17. The number of ether oxygens (including phenoxy) is 2. The lowest BCUT2D eigenvalue weighted by Gasteiger charge is -2.38. The zero-order valence-electron chi connectivity index (χ0n) is 17.7. The van der Waals surface area contributed by atoms with Gasteiger partial charge in [-0.15, -0.1) is 0 Å². The molecule has 0 amide bonds. The van der Waals surface area contributed by atoms with Crippen LogP contribution in [0.4, 0.5) is 5.95 Å². The van der Waals surface area contributed by atoms with Crippen LogP contribution in [0.15, 0.2) is 60.6 Å². The number of Topliss-reactive ketones (excluding diaryl/α,β-unsaturated/α-hetero) is 1. The number of allylic oxidation sites excluding steroid dienone is 2. The molecular weight excluding hydrogens is 392 g/mol. The van der Waals surface area contributed by atoms with Crippen LogP contribution in [0.3, 0.4) is 0 Å². The molecule has 1 aromatic heterocycles. The van der Waals surface area contributed by atoms with Gasteiger partial charge in [0, 0.05) is 29.7 Å². The second-order valence-electron chi connectivity index (χ2n) is 7.94. The van der Waals surface area contributed by atoms with Gasteiger partial charge in [-0.3, -0.25) is 4.79 Å². The molecule has 2 aliphatic rings. The molecule has 0 radical (unpaired) electrons. The maximum Gasteiger partial charge on any atom is 0.226 e. The van der Waals surface area contributed by atoms with E-state index in [4.69, 9.17) is 9.47 Å². The monoisotopic (exact) mass is 416 g/mol. The van der Waals surface area contributed by atoms with Crippen molar-refractivity contribution in [3.8, 4) is 11.5 Å². The fourth-order valence-corrected chi connectivity index (χ4v) is 4.73. The van der Waals surface area contributed by atoms with E-state index in [2.05, 4.69) is 40.5 Å². The summed E-state index contributed by atoms with van der Waals surface area (Å²) in [4.78, 5) is 17.9. The Labute approximate surface area is 180 Å². The van der Waals surface area contributed by atoms with Crippen LogP contribution in [0.5, 0.6) is 11.5 Å². The highest BCUT2D eigenvalue weighted by atomic mass is 16.5. The molecule has 0 bridgehead atoms. The second-order valence-corrected chi connectivity index (χ2v) is 7.94. The van der Waals surface area contributed by atoms with E-state index >= 15 is 0 Å². The van der Waals surface area contributed by atoms with Gasteiger partial charge in [0.05, 0.1) is 26.2 Å². The van der Waals surface area contributed by atoms with Gasteiger partial charge in [0.1, 0.15) is 23.6 Å². The molecule has 0 fully saturated rings. The van der Waals surface area contributed by atoms with Gasteiger partial charge in [-0.05, 0) is 24.1 Å². The highest BCUT2D eigenvalue weighted by Gasteiger charge is 2.43. The highest BCUT2D eigenvalue weighted by molar-refractivity contribution is 5.89. The molecule has 7 heteroatoms. The Morgan fingerprint density at radius 2 is 1.94 bits per heavy atom. The van der Waals surface area contributed by atoms with Gasteiger partial charge in [-0.25, -0.2) is 4.68 Å². The van der Waals surface area contributed by atoms with Gasteiger partial charge in [0.2, 0.25) is 5.95 Å². The molecule has 3 atom stereocenters. The van der Waals surface area contributed by atoms with E-state index in [1.807, 2.05) is 35.0 Å². The number of carbonyl (C=O) groups is 1. The van der Waals surface area contributed by atoms with E-state index in [0.717, 1.165) is 28.1 Å². The SMILES string of the molecule is COc1ccc([C@@H]2C=C3Nc4ncnn4[C@@H](c4ccccc4C)[C@H]3C(=O)C2)c(OC)c1. The zero-order chi connectivity index (χ0) is 21.5. The number of methoxy groups -OCH3 is 2. The predicted molar refractivity (Wildman–Crippen MR) is 116 cm³/mol. The third-order valence-electron chi connectivity index (χ3n) is 6.24. The van der Waals surface area contributed by atoms with Crippen LogP contribution in [0, 0.1) is 12.8 Å². The van der Waals surface area contributed by atoms with Gasteiger partial charge in [0.25, 0.3) is 0 Å². The number of aryl methyl sites for hydroxylation is 1. The molecule has 0 saturated carbocycles. The molecule has 1 aliphatic heterocycles. The molecule has 0 saturated heterocycles. The Morgan fingerprint density at radius 1 is 1.10 bits per heavy atom. The Hall–Kier alpha value is -3.61. The second kappa shape index (κ2) is 7.58. The average Bonchev–Trinajstić information content (AvgIpc) is 3.26. The smallest absolute Gasteiger partial charge is 0.226 e. The van der Waals surface area contributed by atoms with Crippen LogP contribution in [0.2, 0.25) is 0 Å². The van der Waals surface area contributed by atoms with Crippen LogP contribution in [0.1, 0.15) is 35.1 Å². The first-order valence-corrected chi connectivity index (χ1v) is 10.3. The number of nitrogens with zero attached hydrogens (tertiary/aromatic N) is 3. The lowest BCUT2D eigenvalue weighted by Crippen LogP contribution is -2.40. The fraction of sp³-hybridized carbons (Fsp3) is 0.292. The first-order valence-electron chi connectivity index (χ1n) is 10.3. The van der Waals surface area contributed by atoms with Crippen LogP contribution >= 0.6 is 0 Å². The van der Waals surface area contributed by atoms with Gasteiger partial charge < -0.3 is 14.8 Å². The Bertz CT molecular complexity index is 1180. The number of hydrogen-bond acceptors (Lipinski definition) is 6. The molecule has 1 N–H and O–H groups in total. The van der Waals surface area contributed by atoms with Crippen molar-refractivity contribution in [3.05, 3.63) is 77.3 Å². The Kier molecular flexibility index (Phi) is 4.73. The first kappa shape index (κ1) is 19.4. The van der Waals surface area contributed by atoms with E-state index in [9.17, 15) is 4.79 Å². The van der Waals surface area contributed by atoms with E-state index in [0.29, 0.717) is 18.1 Å². The largest absolute Gasteiger partial charge is 0.497 e. The molecule has 7 nitrogen and oxygen atoms in total. The molecule has 2 aromatic carbocycles. The summed E-state index contributed by atoms with van der Waals surface area (Å²) in [5, 5.41) is 7.79. The molecule has 3 aromatic rings. The van der Waals surface area contributed by atoms with Crippen molar-refractivity contribution in [2.24, 2.45) is 5.92 Å². The minimum atomic E-state index is -0.337. The quantitative estimate of drug-likeness (QED) is 0.696. The van der Waals surface area contributed by atoms with Crippen molar-refractivity contribution in [1.29, 1.82) is 0 Å². The molecule has 158 valence electrons. The molecule has 5 rings (SSSR count). The van der Waals surface area contributed by atoms with Gasteiger partial charge >= 0.3 is 0 Å². The summed E-state index contributed by atoms with van der Waals surface area (Å²) in [5.74, 6) is 1.81. The van der Waals surface area contributed by atoms with Crippen molar-refractivity contribution < 1.29 is 14.3 Å². The number of benzene rings is 2. The molecule has 1 aliphatic carbocycles. The molecule has 0 unspecified atom stereocenters. The predicted octanol–water partition coefficient (Wildman–Crippen LogP) is 3.88. The van der Waals surface area contributed by atoms with E-state index in [-0.39, 0.29) is 23.7 Å². The number of carbonyl (C=O) groups excluding carboxylic acids is 1. The summed E-state index contributed by atoms with van der Waals surface area (Å²) in [6.45, 7) is 2.07. The fourth-order valence-electron chi connectivity index (χ4n) is 4.73. The Morgan fingerprint density at radius 3 is 2.71 bits per heavy atom. The standard InChI is InChI=1S/C24H24N4O3/c1-14-6-4-5-7-17(14)23-22-19(27-24-25-13-26-28(23)24)10-15(11-20(22)29)18-9-8-16(30-2)12-21(18)31-3/h4-10,12-13,15,22-23H,11H2,1-3H3,(H,25,26,27)/t15-,22-,23+/m1/s1. The summed E-state index contributed by atoms with van der Waals surface area (Å²) in [7, 11) is 3.26. The minimum absolute atomic E-state index is 0.0981. The van der Waals surface area contributed by atoms with Gasteiger partial charge in [0.15, 0.2) is 0 Å². The summed E-state index contributed by atoms with van der Waals surface area (Å²) < 4.78 is 12.7. The van der Waals surface area contributed by atoms with Crippen LogP contribution in [0.25, 0.3) is 0 Å². The number of fused-ring (bicyclic) bond motifs is 2. The maximum absolute atomic E-state index is 13.6. The highest BCUT2D eigenvalue weighted by Crippen LogP contribution is 2.46. The average molecular weight is 416 g/mol. The Balaban J connectivity index is 1.61. The van der Waals surface area contributed by atoms with Gasteiger partial charge in [-0.2, -0.15) is 10.1 Å². The summed E-state index contributed by atoms with van der Waals surface area (Å²) in [6.07, 6.45) is 4.06. The number of ketones is 1. The lowest BCUT2D eigenvalue weighted by atomic mass is 9.75. The first-order chi connectivity index (χ1) is 15.1. The van der Waals surface area contributed by atoms with Crippen molar-refractivity contribution in [3.63, 3.8) is 0 Å². The van der Waals surface area contributed by atoms with Crippen molar-refractivity contribution >= 4 is 11.7 Å². The molecule has 2 heterocycles. The summed E-state index contributed by atoms with van der Waals surface area (Å²) in [6, 6.07) is 13.6. The number of hydrogen-bond donors (Lipinski definition) is 1. The zero-order valence-corrected chi connectivity index (χ0v) is 17.7. The summed E-state index contributed by atoms with van der Waals surface area (Å²) in [5.41, 5.74) is 4.04. The van der Waals surface area contributed by atoms with E-state index < -0.39 is 0 Å². The number of nitrogens with one attached hydrogen (secondary N) is 1. The maximum atomic E-state index is 13.6. The third-order valence-corrected chi connectivity index (χ3v) is 6.24. The lowest BCUT2D eigenvalue weighted by molar-refractivity contribution is -0.123. The molecular formula is C24H24N4O3. The summed E-state index contributed by atoms with van der Waals surface area (Å²) >= 11 is 0. The normalized spacial score (nSPS) is 22.1. The number of rotatable bonds is 4. The number of aromatic nitrogens is 3. The van der Waals surface area contributed by atoms with Crippen molar-refractivity contribution in [2.75, 3.05) is 19.5 Å². The topological polar surface area (TPSA) is 78.3 Å². The van der Waals surface area contributed by atoms with E-state index in [1.54, 1.807) is 14.2 Å². The molecule has 31 heavy (non-hydrogen) atoms.